The van der Waals surface area contributed by atoms with Gasteiger partial charge in [-0.2, -0.15) is 0 Å². The summed E-state index contributed by atoms with van der Waals surface area (Å²) in [6.07, 6.45) is 25.3. The SMILES string of the molecule is NCc1cc(CN2C=C3N=CCC=CC3CC3C=CC=CC(=C3)C2)c(O)c(CN(Cc2ccccn2)Cc2ccccn2)c1. The highest BCUT2D eigenvalue weighted by molar-refractivity contribution is 5.62. The van der Waals surface area contributed by atoms with Crippen molar-refractivity contribution in [2.45, 2.75) is 45.6 Å². The molecule has 0 spiro atoms. The third-order valence-electron chi connectivity index (χ3n) is 8.22. The van der Waals surface area contributed by atoms with E-state index in [4.69, 9.17) is 10.7 Å². The molecule has 3 N–H and O–H groups in total. The summed E-state index contributed by atoms with van der Waals surface area (Å²) in [6, 6.07) is 16.0. The number of hydrogen-bond donors (Lipinski definition) is 2. The number of fused-ring (bicyclic) bond motifs is 2. The molecule has 2 atom stereocenters. The summed E-state index contributed by atoms with van der Waals surface area (Å²) in [5, 5.41) is 11.8. The zero-order chi connectivity index (χ0) is 30.1. The van der Waals surface area contributed by atoms with Gasteiger partial charge < -0.3 is 15.7 Å². The van der Waals surface area contributed by atoms with Crippen LogP contribution in [0.15, 0.2) is 126 Å². The highest BCUT2D eigenvalue weighted by Crippen LogP contribution is 2.33. The molecule has 0 radical (unpaired) electrons. The average Bonchev–Trinajstić information content (AvgIpc) is 3.37. The van der Waals surface area contributed by atoms with Crippen molar-refractivity contribution in [3.8, 4) is 5.75 Å². The molecule has 3 aliphatic rings. The molecule has 7 nitrogen and oxygen atoms in total. The summed E-state index contributed by atoms with van der Waals surface area (Å²) < 4.78 is 0. The van der Waals surface area contributed by atoms with Gasteiger partial charge in [-0.3, -0.25) is 19.9 Å². The van der Waals surface area contributed by atoms with Crippen LogP contribution in [0.25, 0.3) is 0 Å². The number of phenols is 1. The van der Waals surface area contributed by atoms with Crippen molar-refractivity contribution < 1.29 is 5.11 Å². The normalized spacial score (nSPS) is 19.4. The van der Waals surface area contributed by atoms with E-state index in [2.05, 4.69) is 68.5 Å². The van der Waals surface area contributed by atoms with Gasteiger partial charge in [-0.1, -0.05) is 54.7 Å². The van der Waals surface area contributed by atoms with Crippen LogP contribution >= 0.6 is 0 Å². The van der Waals surface area contributed by atoms with Gasteiger partial charge in [0.15, 0.2) is 0 Å². The number of phenolic OH excluding ortho intramolecular Hbond substituents is 1. The van der Waals surface area contributed by atoms with Gasteiger partial charge in [0.2, 0.25) is 0 Å². The van der Waals surface area contributed by atoms with Crippen molar-refractivity contribution in [3.63, 3.8) is 0 Å². The van der Waals surface area contributed by atoms with E-state index in [0.29, 0.717) is 44.4 Å². The molecule has 44 heavy (non-hydrogen) atoms. The van der Waals surface area contributed by atoms with Crippen LogP contribution < -0.4 is 5.73 Å². The summed E-state index contributed by atoms with van der Waals surface area (Å²) in [6.45, 7) is 3.42. The van der Waals surface area contributed by atoms with Crippen molar-refractivity contribution in [3.05, 3.63) is 149 Å². The number of benzene rings is 1. The average molecular weight is 585 g/mol. The van der Waals surface area contributed by atoms with Crippen LogP contribution in [0.5, 0.6) is 5.75 Å². The van der Waals surface area contributed by atoms with Crippen molar-refractivity contribution in [1.82, 2.24) is 19.8 Å². The van der Waals surface area contributed by atoms with E-state index < -0.39 is 0 Å². The maximum Gasteiger partial charge on any atom is 0.125 e. The second-order valence-corrected chi connectivity index (χ2v) is 11.7. The maximum atomic E-state index is 11.8. The summed E-state index contributed by atoms with van der Waals surface area (Å²) in [7, 11) is 0. The quantitative estimate of drug-likeness (QED) is 0.291. The topological polar surface area (TPSA) is 90.9 Å². The van der Waals surface area contributed by atoms with Crippen molar-refractivity contribution in [2.75, 3.05) is 6.54 Å². The van der Waals surface area contributed by atoms with Crippen LogP contribution in [-0.2, 0) is 32.7 Å². The fourth-order valence-electron chi connectivity index (χ4n) is 6.13. The fraction of sp³-hybridized carbons (Fsp3) is 0.270. The molecule has 2 aromatic heterocycles. The molecular formula is C37H40N6O. The third-order valence-corrected chi connectivity index (χ3v) is 8.22. The minimum absolute atomic E-state index is 0.228. The molecule has 2 bridgehead atoms. The standard InChI is InChI=1S/C37H40N6O/c38-21-30-19-32(23-42-22-29-10-2-1-9-28(17-29)18-31-11-3-6-16-41-36(31)27-42)37(44)33(20-30)24-43(25-34-12-4-7-14-39-34)26-35-13-5-8-15-40-35/h1-5,7-17,19-20,27-28,31,44H,6,18,21-26,38H2. The number of nitrogens with two attached hydrogens (primary N) is 1. The number of aromatic nitrogens is 2. The molecular weight excluding hydrogens is 544 g/mol. The third kappa shape index (κ3) is 7.67. The van der Waals surface area contributed by atoms with Gasteiger partial charge in [-0.25, -0.2) is 0 Å². The fourth-order valence-corrected chi connectivity index (χ4v) is 6.13. The van der Waals surface area contributed by atoms with E-state index in [-0.39, 0.29) is 5.92 Å². The van der Waals surface area contributed by atoms with Crippen molar-refractivity contribution >= 4 is 6.21 Å². The number of pyridine rings is 2. The van der Waals surface area contributed by atoms with Gasteiger partial charge >= 0.3 is 0 Å². The Morgan fingerprint density at radius 1 is 0.932 bits per heavy atom. The maximum absolute atomic E-state index is 11.8. The van der Waals surface area contributed by atoms with Crippen LogP contribution in [0.3, 0.4) is 0 Å². The second kappa shape index (κ2) is 14.3. The molecule has 0 fully saturated rings. The minimum atomic E-state index is 0.228. The molecule has 7 heteroatoms. The Bertz CT molecular complexity index is 1560. The predicted octanol–water partition coefficient (Wildman–Crippen LogP) is 6.21. The highest BCUT2D eigenvalue weighted by Gasteiger charge is 2.22. The Morgan fingerprint density at radius 2 is 1.70 bits per heavy atom. The number of hydrogen-bond acceptors (Lipinski definition) is 7. The van der Waals surface area contributed by atoms with Gasteiger partial charge in [-0.15, -0.1) is 0 Å². The molecule has 3 aromatic rings. The van der Waals surface area contributed by atoms with E-state index in [1.165, 1.54) is 5.57 Å². The number of rotatable bonds is 9. The van der Waals surface area contributed by atoms with E-state index in [1.54, 1.807) is 0 Å². The number of allylic oxidation sites excluding steroid dienone is 6. The van der Waals surface area contributed by atoms with Gasteiger partial charge in [-0.05, 0) is 59.9 Å². The zero-order valence-electron chi connectivity index (χ0n) is 25.0. The Balaban J connectivity index is 1.32. The number of aliphatic imine (C=N–C) groups is 1. The summed E-state index contributed by atoms with van der Waals surface area (Å²) >= 11 is 0. The van der Waals surface area contributed by atoms with E-state index in [0.717, 1.165) is 53.2 Å². The molecule has 6 rings (SSSR count). The van der Waals surface area contributed by atoms with Gasteiger partial charge in [0.1, 0.15) is 5.75 Å². The monoisotopic (exact) mass is 584 g/mol. The first-order valence-electron chi connectivity index (χ1n) is 15.4. The van der Waals surface area contributed by atoms with Crippen LogP contribution in [-0.4, -0.2) is 37.6 Å². The second-order valence-electron chi connectivity index (χ2n) is 11.7. The van der Waals surface area contributed by atoms with E-state index >= 15 is 0 Å². The minimum Gasteiger partial charge on any atom is -0.507 e. The molecule has 224 valence electrons. The molecule has 2 aliphatic heterocycles. The molecule has 1 aliphatic carbocycles. The first-order valence-corrected chi connectivity index (χ1v) is 15.4. The lowest BCUT2D eigenvalue weighted by Gasteiger charge is -2.26. The largest absolute Gasteiger partial charge is 0.507 e. The zero-order valence-corrected chi connectivity index (χ0v) is 25.0. The van der Waals surface area contributed by atoms with Crippen LogP contribution in [0, 0.1) is 11.8 Å². The predicted molar refractivity (Wildman–Crippen MR) is 176 cm³/mol. The van der Waals surface area contributed by atoms with Crippen molar-refractivity contribution in [1.29, 1.82) is 0 Å². The lowest BCUT2D eigenvalue weighted by atomic mass is 9.91. The Kier molecular flexibility index (Phi) is 9.55. The van der Waals surface area contributed by atoms with Gasteiger partial charge in [0.05, 0.1) is 17.1 Å². The summed E-state index contributed by atoms with van der Waals surface area (Å²) in [4.78, 5) is 18.5. The van der Waals surface area contributed by atoms with Crippen molar-refractivity contribution in [2.24, 2.45) is 22.6 Å². The lowest BCUT2D eigenvalue weighted by Crippen LogP contribution is -2.24. The first-order chi connectivity index (χ1) is 21.6. The Hall–Kier alpha value is -4.59. The Labute approximate surface area is 260 Å². The summed E-state index contributed by atoms with van der Waals surface area (Å²) in [5.74, 6) is 0.875. The number of aromatic hydroxyl groups is 1. The molecule has 0 saturated carbocycles. The van der Waals surface area contributed by atoms with E-state index in [9.17, 15) is 5.11 Å². The van der Waals surface area contributed by atoms with Gasteiger partial charge in [0, 0.05) is 87.5 Å². The lowest BCUT2D eigenvalue weighted by molar-refractivity contribution is 0.238. The molecule has 2 unspecified atom stereocenters. The Morgan fingerprint density at radius 3 is 2.43 bits per heavy atom. The first kappa shape index (κ1) is 29.5. The van der Waals surface area contributed by atoms with Crippen LogP contribution in [0.2, 0.25) is 0 Å². The molecule has 4 heterocycles. The molecule has 1 aromatic carbocycles. The molecule has 0 amide bonds. The summed E-state index contributed by atoms with van der Waals surface area (Å²) in [5.41, 5.74) is 13.1. The smallest absolute Gasteiger partial charge is 0.125 e. The van der Waals surface area contributed by atoms with Crippen LogP contribution in [0.1, 0.15) is 40.9 Å². The number of nitrogens with zero attached hydrogens (tertiary/aromatic N) is 5. The highest BCUT2D eigenvalue weighted by atomic mass is 16.3. The van der Waals surface area contributed by atoms with Gasteiger partial charge in [0.25, 0.3) is 0 Å². The molecule has 0 saturated heterocycles. The van der Waals surface area contributed by atoms with E-state index in [1.807, 2.05) is 67.1 Å². The van der Waals surface area contributed by atoms with Crippen LogP contribution in [0.4, 0.5) is 0 Å².